The van der Waals surface area contributed by atoms with E-state index in [4.69, 9.17) is 16.3 Å². The summed E-state index contributed by atoms with van der Waals surface area (Å²) >= 11 is 6.39. The van der Waals surface area contributed by atoms with Gasteiger partial charge in [0.2, 0.25) is 0 Å². The van der Waals surface area contributed by atoms with Crippen molar-refractivity contribution < 1.29 is 14.3 Å². The summed E-state index contributed by atoms with van der Waals surface area (Å²) in [6.07, 6.45) is 4.80. The van der Waals surface area contributed by atoms with E-state index in [2.05, 4.69) is 10.4 Å². The van der Waals surface area contributed by atoms with Crippen LogP contribution in [-0.2, 0) is 20.9 Å². The van der Waals surface area contributed by atoms with Gasteiger partial charge in [0.05, 0.1) is 12.2 Å². The van der Waals surface area contributed by atoms with Crippen LogP contribution in [0, 0.1) is 6.92 Å². The smallest absolute Gasteiger partial charge is 0.331 e. The van der Waals surface area contributed by atoms with Crippen LogP contribution in [0.1, 0.15) is 29.7 Å². The van der Waals surface area contributed by atoms with E-state index in [-0.39, 0.29) is 18.6 Å². The van der Waals surface area contributed by atoms with Gasteiger partial charge in [0.1, 0.15) is 5.15 Å². The Bertz CT molecular complexity index is 826. The number of hydrogen-bond acceptors (Lipinski definition) is 4. The second-order valence-electron chi connectivity index (χ2n) is 6.22. The van der Waals surface area contributed by atoms with Crippen LogP contribution in [0.5, 0.6) is 0 Å². The van der Waals surface area contributed by atoms with Gasteiger partial charge in [0, 0.05) is 17.7 Å². The minimum atomic E-state index is -0.595. The van der Waals surface area contributed by atoms with Gasteiger partial charge in [-0.3, -0.25) is 4.79 Å². The van der Waals surface area contributed by atoms with E-state index in [0.717, 1.165) is 18.4 Å². The Kier molecular flexibility index (Phi) is 5.73. The first kappa shape index (κ1) is 18.2. The number of ether oxygens (including phenoxy) is 1. The molecule has 0 unspecified atom stereocenters. The Morgan fingerprint density at radius 2 is 2.08 bits per heavy atom. The maximum absolute atomic E-state index is 11.8. The maximum Gasteiger partial charge on any atom is 0.331 e. The van der Waals surface area contributed by atoms with Crippen molar-refractivity contribution in [3.8, 4) is 0 Å². The lowest BCUT2D eigenvalue weighted by atomic mass is 10.2. The zero-order chi connectivity index (χ0) is 18.5. The van der Waals surface area contributed by atoms with Gasteiger partial charge >= 0.3 is 5.97 Å². The van der Waals surface area contributed by atoms with E-state index in [9.17, 15) is 9.59 Å². The Balaban J connectivity index is 1.58. The third-order valence-electron chi connectivity index (χ3n) is 3.96. The van der Waals surface area contributed by atoms with Gasteiger partial charge in [-0.15, -0.1) is 0 Å². The molecule has 1 saturated carbocycles. The fourth-order valence-electron chi connectivity index (χ4n) is 2.45. The standard InChI is InChI=1S/C19H20ClN3O3/c1-13-16(9-10-18(25)26-12-17(24)21-15-7-8-15)19(20)23(22-13)11-14-5-3-2-4-6-14/h2-6,9-10,15H,7-8,11-12H2,1H3,(H,21,24)/b10-9+. The molecule has 0 aliphatic heterocycles. The molecule has 136 valence electrons. The number of amides is 1. The van der Waals surface area contributed by atoms with Crippen molar-refractivity contribution in [3.05, 3.63) is 58.4 Å². The number of esters is 1. The normalized spacial score (nSPS) is 13.8. The van der Waals surface area contributed by atoms with Crippen molar-refractivity contribution in [2.24, 2.45) is 0 Å². The summed E-state index contributed by atoms with van der Waals surface area (Å²) in [6.45, 7) is 2.08. The van der Waals surface area contributed by atoms with E-state index in [0.29, 0.717) is 23.0 Å². The monoisotopic (exact) mass is 373 g/mol. The number of carbonyl (C=O) groups excluding carboxylic acids is 2. The van der Waals surface area contributed by atoms with Gasteiger partial charge in [-0.25, -0.2) is 9.48 Å². The number of nitrogens with zero attached hydrogens (tertiary/aromatic N) is 2. The second kappa shape index (κ2) is 8.19. The summed E-state index contributed by atoms with van der Waals surface area (Å²) in [4.78, 5) is 23.3. The highest BCUT2D eigenvalue weighted by Crippen LogP contribution is 2.22. The maximum atomic E-state index is 11.8. The fraction of sp³-hybridized carbons (Fsp3) is 0.316. The van der Waals surface area contributed by atoms with Crippen molar-refractivity contribution in [1.29, 1.82) is 0 Å². The quantitative estimate of drug-likeness (QED) is 0.598. The third-order valence-corrected chi connectivity index (χ3v) is 4.36. The SMILES string of the molecule is Cc1nn(Cc2ccccc2)c(Cl)c1/C=C/C(=O)OCC(=O)NC1CC1. The molecule has 0 spiro atoms. The summed E-state index contributed by atoms with van der Waals surface area (Å²) < 4.78 is 6.61. The number of aryl methyl sites for hydroxylation is 1. The molecule has 0 bridgehead atoms. The van der Waals surface area contributed by atoms with Crippen LogP contribution in [-0.4, -0.2) is 34.3 Å². The number of aromatic nitrogens is 2. The van der Waals surface area contributed by atoms with Crippen LogP contribution in [0.4, 0.5) is 0 Å². The molecule has 1 amide bonds. The van der Waals surface area contributed by atoms with E-state index < -0.39 is 5.97 Å². The molecule has 2 aromatic rings. The van der Waals surface area contributed by atoms with Crippen LogP contribution in [0.2, 0.25) is 5.15 Å². The first-order chi connectivity index (χ1) is 12.5. The van der Waals surface area contributed by atoms with Crippen molar-refractivity contribution in [3.63, 3.8) is 0 Å². The van der Waals surface area contributed by atoms with Crippen molar-refractivity contribution in [2.45, 2.75) is 32.4 Å². The van der Waals surface area contributed by atoms with Crippen molar-refractivity contribution in [2.75, 3.05) is 6.61 Å². The Morgan fingerprint density at radius 3 is 2.77 bits per heavy atom. The molecule has 3 rings (SSSR count). The van der Waals surface area contributed by atoms with E-state index in [1.807, 2.05) is 37.3 Å². The van der Waals surface area contributed by atoms with Gasteiger partial charge in [-0.2, -0.15) is 5.10 Å². The topological polar surface area (TPSA) is 73.2 Å². The number of benzene rings is 1. The van der Waals surface area contributed by atoms with Crippen LogP contribution in [0.3, 0.4) is 0 Å². The van der Waals surface area contributed by atoms with Gasteiger partial charge in [0.25, 0.3) is 5.91 Å². The molecule has 26 heavy (non-hydrogen) atoms. The highest BCUT2D eigenvalue weighted by molar-refractivity contribution is 6.31. The molecule has 1 aromatic heterocycles. The van der Waals surface area contributed by atoms with Crippen LogP contribution in [0.25, 0.3) is 6.08 Å². The van der Waals surface area contributed by atoms with Gasteiger partial charge in [-0.1, -0.05) is 41.9 Å². The number of carbonyl (C=O) groups is 2. The molecule has 6 nitrogen and oxygen atoms in total. The molecule has 1 N–H and O–H groups in total. The predicted octanol–water partition coefficient (Wildman–Crippen LogP) is 2.73. The number of rotatable bonds is 7. The molecule has 0 atom stereocenters. The molecule has 1 fully saturated rings. The van der Waals surface area contributed by atoms with Gasteiger partial charge in [0.15, 0.2) is 6.61 Å². The summed E-state index contributed by atoms with van der Waals surface area (Å²) in [7, 11) is 0. The molecular weight excluding hydrogens is 354 g/mol. The van der Waals surface area contributed by atoms with E-state index in [1.165, 1.54) is 6.08 Å². The zero-order valence-electron chi connectivity index (χ0n) is 14.4. The number of nitrogens with one attached hydrogen (secondary N) is 1. The third kappa shape index (κ3) is 4.95. The molecule has 1 aliphatic carbocycles. The molecule has 1 aliphatic rings. The van der Waals surface area contributed by atoms with Gasteiger partial charge < -0.3 is 10.1 Å². The summed E-state index contributed by atoms with van der Waals surface area (Å²) in [5, 5.41) is 7.61. The Morgan fingerprint density at radius 1 is 1.35 bits per heavy atom. The summed E-state index contributed by atoms with van der Waals surface area (Å²) in [5.41, 5.74) is 2.44. The average molecular weight is 374 g/mol. The minimum Gasteiger partial charge on any atom is -0.452 e. The second-order valence-corrected chi connectivity index (χ2v) is 6.57. The highest BCUT2D eigenvalue weighted by Gasteiger charge is 2.23. The fourth-order valence-corrected chi connectivity index (χ4v) is 2.75. The van der Waals surface area contributed by atoms with Crippen molar-refractivity contribution in [1.82, 2.24) is 15.1 Å². The first-order valence-corrected chi connectivity index (χ1v) is 8.82. The lowest BCUT2D eigenvalue weighted by molar-refractivity contribution is -0.143. The lowest BCUT2D eigenvalue weighted by Gasteiger charge is -2.03. The average Bonchev–Trinajstić information content (AvgIpc) is 3.39. The largest absolute Gasteiger partial charge is 0.452 e. The first-order valence-electron chi connectivity index (χ1n) is 8.44. The molecule has 0 saturated heterocycles. The Labute approximate surface area is 156 Å². The number of hydrogen-bond donors (Lipinski definition) is 1. The zero-order valence-corrected chi connectivity index (χ0v) is 15.2. The van der Waals surface area contributed by atoms with Crippen molar-refractivity contribution >= 4 is 29.6 Å². The molecule has 1 aromatic carbocycles. The van der Waals surface area contributed by atoms with Crippen LogP contribution < -0.4 is 5.32 Å². The van der Waals surface area contributed by atoms with E-state index >= 15 is 0 Å². The predicted molar refractivity (Wildman–Crippen MR) is 98.7 cm³/mol. The molecular formula is C19H20ClN3O3. The molecule has 1 heterocycles. The lowest BCUT2D eigenvalue weighted by Crippen LogP contribution is -2.30. The molecule has 0 radical (unpaired) electrons. The minimum absolute atomic E-state index is 0.244. The Hall–Kier alpha value is -2.60. The van der Waals surface area contributed by atoms with E-state index in [1.54, 1.807) is 10.8 Å². The van der Waals surface area contributed by atoms with Crippen LogP contribution in [0.15, 0.2) is 36.4 Å². The molecule has 7 heteroatoms. The number of halogens is 1. The van der Waals surface area contributed by atoms with Gasteiger partial charge in [-0.05, 0) is 31.4 Å². The summed E-state index contributed by atoms with van der Waals surface area (Å²) in [6, 6.07) is 10.1. The summed E-state index contributed by atoms with van der Waals surface area (Å²) in [5.74, 6) is -0.874. The van der Waals surface area contributed by atoms with Crippen LogP contribution >= 0.6 is 11.6 Å². The highest BCUT2D eigenvalue weighted by atomic mass is 35.5.